The number of nitrogens with zero attached hydrogens (tertiary/aromatic N) is 6. The van der Waals surface area contributed by atoms with Gasteiger partial charge in [-0.05, 0) is 23.8 Å². The van der Waals surface area contributed by atoms with Crippen molar-refractivity contribution < 1.29 is 14.3 Å². The smallest absolute Gasteiger partial charge is 0.230 e. The van der Waals surface area contributed by atoms with Crippen molar-refractivity contribution in [3.63, 3.8) is 0 Å². The molecule has 0 atom stereocenters. The largest absolute Gasteiger partial charge is 0.378 e. The van der Waals surface area contributed by atoms with Crippen molar-refractivity contribution in [3.8, 4) is 11.4 Å². The van der Waals surface area contributed by atoms with E-state index in [0.29, 0.717) is 49.7 Å². The number of Topliss-reactive ketones (excluding diaryl/α,β-unsaturated/α-hetero) is 1. The van der Waals surface area contributed by atoms with Crippen LogP contribution in [0.1, 0.15) is 15.9 Å². The van der Waals surface area contributed by atoms with E-state index in [0.717, 1.165) is 37.3 Å². The van der Waals surface area contributed by atoms with Gasteiger partial charge in [-0.3, -0.25) is 9.78 Å². The van der Waals surface area contributed by atoms with Gasteiger partial charge in [0.05, 0.1) is 26.4 Å². The fraction of sp³-hybridized carbons (Fsp3) is 0.375. The normalized spacial score (nSPS) is 16.6. The Labute approximate surface area is 192 Å². The van der Waals surface area contributed by atoms with Crippen molar-refractivity contribution in [2.24, 2.45) is 0 Å². The summed E-state index contributed by atoms with van der Waals surface area (Å²) in [7, 11) is 0. The molecule has 9 heteroatoms. The van der Waals surface area contributed by atoms with E-state index in [1.807, 2.05) is 24.3 Å². The van der Waals surface area contributed by atoms with Gasteiger partial charge in [0.15, 0.2) is 11.6 Å². The maximum Gasteiger partial charge on any atom is 0.230 e. The average Bonchev–Trinajstić information content (AvgIpc) is 2.90. The summed E-state index contributed by atoms with van der Waals surface area (Å²) in [4.78, 5) is 35.3. The first-order chi connectivity index (χ1) is 16.3. The fourth-order valence-corrected chi connectivity index (χ4v) is 3.93. The molecule has 3 aromatic rings. The average molecular weight is 447 g/mol. The van der Waals surface area contributed by atoms with Crippen LogP contribution in [0.5, 0.6) is 0 Å². The highest BCUT2D eigenvalue weighted by Crippen LogP contribution is 2.24. The van der Waals surface area contributed by atoms with Crippen LogP contribution in [0.15, 0.2) is 48.8 Å². The lowest BCUT2D eigenvalue weighted by Crippen LogP contribution is -2.40. The molecule has 0 N–H and O–H groups in total. The van der Waals surface area contributed by atoms with Crippen LogP contribution in [0.4, 0.5) is 11.9 Å². The summed E-state index contributed by atoms with van der Waals surface area (Å²) in [5.74, 6) is 1.94. The second-order valence-electron chi connectivity index (χ2n) is 8.00. The van der Waals surface area contributed by atoms with E-state index in [2.05, 4.69) is 14.8 Å². The molecule has 0 unspecified atom stereocenters. The number of ether oxygens (including phenoxy) is 2. The predicted molar refractivity (Wildman–Crippen MR) is 124 cm³/mol. The molecule has 0 bridgehead atoms. The van der Waals surface area contributed by atoms with E-state index in [1.165, 1.54) is 0 Å². The zero-order valence-corrected chi connectivity index (χ0v) is 18.4. The van der Waals surface area contributed by atoms with Crippen LogP contribution in [-0.2, 0) is 15.9 Å². The van der Waals surface area contributed by atoms with Crippen molar-refractivity contribution in [3.05, 3.63) is 59.9 Å². The van der Waals surface area contributed by atoms with E-state index in [4.69, 9.17) is 24.4 Å². The fourth-order valence-electron chi connectivity index (χ4n) is 3.93. The molecular weight excluding hydrogens is 420 g/mol. The first-order valence-electron chi connectivity index (χ1n) is 11.2. The summed E-state index contributed by atoms with van der Waals surface area (Å²) < 4.78 is 11.0. The van der Waals surface area contributed by atoms with E-state index >= 15 is 0 Å². The molecule has 0 radical (unpaired) electrons. The Bertz CT molecular complexity index is 1060. The van der Waals surface area contributed by atoms with Gasteiger partial charge in [0.1, 0.15) is 0 Å². The van der Waals surface area contributed by atoms with Gasteiger partial charge in [0.25, 0.3) is 0 Å². The van der Waals surface area contributed by atoms with Crippen molar-refractivity contribution in [2.45, 2.75) is 6.42 Å². The number of benzene rings is 1. The summed E-state index contributed by atoms with van der Waals surface area (Å²) in [6.07, 6.45) is 3.55. The lowest BCUT2D eigenvalue weighted by molar-refractivity contribution is 0.0992. The Morgan fingerprint density at radius 1 is 0.848 bits per heavy atom. The number of aromatic nitrogens is 4. The highest BCUT2D eigenvalue weighted by molar-refractivity contribution is 5.97. The molecule has 2 fully saturated rings. The summed E-state index contributed by atoms with van der Waals surface area (Å²) in [6.45, 7) is 5.58. The maximum absolute atomic E-state index is 12.7. The quantitative estimate of drug-likeness (QED) is 0.527. The predicted octanol–water partition coefficient (Wildman–Crippen LogP) is 2.03. The highest BCUT2D eigenvalue weighted by atomic mass is 16.5. The molecule has 33 heavy (non-hydrogen) atoms. The maximum atomic E-state index is 12.7. The number of anilines is 2. The third-order valence-electron chi connectivity index (χ3n) is 5.73. The van der Waals surface area contributed by atoms with Crippen LogP contribution in [0.25, 0.3) is 11.4 Å². The Morgan fingerprint density at radius 3 is 2.12 bits per heavy atom. The minimum atomic E-state index is 0.0268. The first-order valence-corrected chi connectivity index (χ1v) is 11.2. The number of hydrogen-bond acceptors (Lipinski definition) is 9. The van der Waals surface area contributed by atoms with Gasteiger partial charge < -0.3 is 19.3 Å². The minimum Gasteiger partial charge on any atom is -0.378 e. The molecule has 2 saturated heterocycles. The van der Waals surface area contributed by atoms with E-state index < -0.39 is 0 Å². The highest BCUT2D eigenvalue weighted by Gasteiger charge is 2.21. The summed E-state index contributed by atoms with van der Waals surface area (Å²) in [6, 6.07) is 11.4. The Morgan fingerprint density at radius 2 is 1.52 bits per heavy atom. The lowest BCUT2D eigenvalue weighted by atomic mass is 10.0. The van der Waals surface area contributed by atoms with Gasteiger partial charge in [-0.1, -0.05) is 18.2 Å². The molecule has 0 amide bonds. The third kappa shape index (κ3) is 5.15. The number of rotatable bonds is 6. The van der Waals surface area contributed by atoms with Gasteiger partial charge in [-0.2, -0.15) is 15.0 Å². The monoisotopic (exact) mass is 446 g/mol. The SMILES string of the molecule is O=C(Cc1cccc(-c2nc(N3CCOCC3)nc(N3CCOCC3)n2)c1)c1cccnc1. The lowest BCUT2D eigenvalue weighted by Gasteiger charge is -2.30. The van der Waals surface area contributed by atoms with Crippen LogP contribution >= 0.6 is 0 Å². The zero-order valence-electron chi connectivity index (χ0n) is 18.4. The molecule has 2 aliphatic rings. The number of hydrogen-bond donors (Lipinski definition) is 0. The van der Waals surface area contributed by atoms with Crippen LogP contribution < -0.4 is 9.80 Å². The van der Waals surface area contributed by atoms with E-state index in [1.54, 1.807) is 24.5 Å². The molecule has 9 nitrogen and oxygen atoms in total. The Balaban J connectivity index is 1.46. The summed E-state index contributed by atoms with van der Waals surface area (Å²) in [5, 5.41) is 0. The van der Waals surface area contributed by atoms with Crippen molar-refractivity contribution >= 4 is 17.7 Å². The van der Waals surface area contributed by atoms with E-state index in [9.17, 15) is 4.79 Å². The second kappa shape index (κ2) is 10.0. The number of morpholine rings is 2. The van der Waals surface area contributed by atoms with Gasteiger partial charge >= 0.3 is 0 Å². The van der Waals surface area contributed by atoms with Crippen LogP contribution in [0, 0.1) is 0 Å². The van der Waals surface area contributed by atoms with Gasteiger partial charge in [-0.25, -0.2) is 0 Å². The number of carbonyl (C=O) groups excluding carboxylic acids is 1. The number of carbonyl (C=O) groups is 1. The molecule has 2 aromatic heterocycles. The molecule has 1 aromatic carbocycles. The molecular formula is C24H26N6O3. The summed E-state index contributed by atoms with van der Waals surface area (Å²) >= 11 is 0. The van der Waals surface area contributed by atoms with Gasteiger partial charge in [0.2, 0.25) is 11.9 Å². The third-order valence-corrected chi connectivity index (χ3v) is 5.73. The van der Waals surface area contributed by atoms with E-state index in [-0.39, 0.29) is 12.2 Å². The zero-order chi connectivity index (χ0) is 22.5. The molecule has 170 valence electrons. The van der Waals surface area contributed by atoms with Crippen molar-refractivity contribution in [1.82, 2.24) is 19.9 Å². The first kappa shape index (κ1) is 21.4. The van der Waals surface area contributed by atoms with Gasteiger partial charge in [-0.15, -0.1) is 0 Å². The molecule has 0 spiro atoms. The Kier molecular flexibility index (Phi) is 6.50. The molecule has 4 heterocycles. The number of ketones is 1. The molecule has 0 saturated carbocycles. The molecule has 2 aliphatic heterocycles. The van der Waals surface area contributed by atoms with Crippen LogP contribution in [-0.4, -0.2) is 78.3 Å². The minimum absolute atomic E-state index is 0.0268. The van der Waals surface area contributed by atoms with Crippen molar-refractivity contribution in [1.29, 1.82) is 0 Å². The van der Waals surface area contributed by atoms with Crippen LogP contribution in [0.3, 0.4) is 0 Å². The standard InChI is InChI=1S/C24H26N6O3/c31-21(20-5-2-6-25-17-20)16-18-3-1-4-19(15-18)22-26-23(29-7-11-32-12-8-29)28-24(27-22)30-9-13-33-14-10-30/h1-6,15,17H,7-14,16H2. The summed E-state index contributed by atoms with van der Waals surface area (Å²) in [5.41, 5.74) is 2.37. The van der Waals surface area contributed by atoms with Crippen molar-refractivity contribution in [2.75, 3.05) is 62.4 Å². The molecule has 5 rings (SSSR count). The Hall–Kier alpha value is -3.43. The topological polar surface area (TPSA) is 93.6 Å². The number of pyridine rings is 1. The van der Waals surface area contributed by atoms with Crippen LogP contribution in [0.2, 0.25) is 0 Å². The molecule has 0 aliphatic carbocycles. The second-order valence-corrected chi connectivity index (χ2v) is 8.00. The van der Waals surface area contributed by atoms with Gasteiger partial charge in [0, 0.05) is 56.1 Å².